The molecule has 0 aliphatic carbocycles. The van der Waals surface area contributed by atoms with Gasteiger partial charge in [0.05, 0.1) is 11.2 Å². The minimum atomic E-state index is -3.58. The normalized spacial score (nSPS) is 11.6. The molecule has 0 spiro atoms. The Bertz CT molecular complexity index is 636. The third kappa shape index (κ3) is 2.87. The first-order chi connectivity index (χ1) is 8.49. The summed E-state index contributed by atoms with van der Waals surface area (Å²) in [6.07, 6.45) is 1.63. The number of nitrogens with zero attached hydrogens (tertiary/aromatic N) is 1. The molecule has 1 aromatic carbocycles. The zero-order chi connectivity index (χ0) is 13.2. The van der Waals surface area contributed by atoms with Crippen LogP contribution in [-0.2, 0) is 16.6 Å². The average Bonchev–Trinajstić information content (AvgIpc) is 2.78. The lowest BCUT2D eigenvalue weighted by Gasteiger charge is -2.08. The Morgan fingerprint density at radius 2 is 2.22 bits per heavy atom. The molecule has 5 nitrogen and oxygen atoms in total. The highest BCUT2D eigenvalue weighted by molar-refractivity contribution is 7.89. The van der Waals surface area contributed by atoms with Crippen molar-refractivity contribution in [3.8, 4) is 0 Å². The first-order valence-corrected chi connectivity index (χ1v) is 7.58. The summed E-state index contributed by atoms with van der Waals surface area (Å²) in [4.78, 5) is 4.84. The van der Waals surface area contributed by atoms with Crippen molar-refractivity contribution in [1.29, 1.82) is 0 Å². The highest BCUT2D eigenvalue weighted by atomic mass is 32.2. The number of nitrogens with one attached hydrogen (secondary N) is 1. The van der Waals surface area contributed by atoms with Gasteiger partial charge in [-0.2, -0.15) is 0 Å². The van der Waals surface area contributed by atoms with Crippen molar-refractivity contribution in [3.05, 3.63) is 40.3 Å². The zero-order valence-corrected chi connectivity index (χ0v) is 11.4. The maximum Gasteiger partial charge on any atom is 0.242 e. The Kier molecular flexibility index (Phi) is 3.65. The Balaban J connectivity index is 2.20. The first-order valence-electron chi connectivity index (χ1n) is 5.22. The van der Waals surface area contributed by atoms with Gasteiger partial charge in [0.2, 0.25) is 10.0 Å². The summed E-state index contributed by atoms with van der Waals surface area (Å²) in [5, 5.41) is 0. The van der Waals surface area contributed by atoms with E-state index in [1.54, 1.807) is 23.8 Å². The van der Waals surface area contributed by atoms with E-state index in [0.717, 1.165) is 10.4 Å². The number of nitrogens with two attached hydrogens (primary N) is 1. The Morgan fingerprint density at radius 3 is 2.83 bits per heavy atom. The van der Waals surface area contributed by atoms with Crippen LogP contribution in [0.25, 0.3) is 0 Å². The van der Waals surface area contributed by atoms with Gasteiger partial charge < -0.3 is 5.73 Å². The van der Waals surface area contributed by atoms with Crippen LogP contribution in [0.2, 0.25) is 0 Å². The summed E-state index contributed by atoms with van der Waals surface area (Å²) in [6, 6.07) is 4.87. The second-order valence-electron chi connectivity index (χ2n) is 3.83. The maximum absolute atomic E-state index is 12.1. The minimum absolute atomic E-state index is 0.109. The van der Waals surface area contributed by atoms with Crippen molar-refractivity contribution >= 4 is 27.0 Å². The second-order valence-corrected chi connectivity index (χ2v) is 6.54. The number of thiazole rings is 1. The van der Waals surface area contributed by atoms with Crippen LogP contribution in [-0.4, -0.2) is 13.4 Å². The van der Waals surface area contributed by atoms with Crippen LogP contribution in [0.15, 0.2) is 34.8 Å². The van der Waals surface area contributed by atoms with Gasteiger partial charge in [-0.25, -0.2) is 13.1 Å². The summed E-state index contributed by atoms with van der Waals surface area (Å²) in [7, 11) is -3.58. The number of anilines is 1. The van der Waals surface area contributed by atoms with Crippen molar-refractivity contribution < 1.29 is 8.42 Å². The first kappa shape index (κ1) is 13.0. The van der Waals surface area contributed by atoms with Crippen LogP contribution in [0.5, 0.6) is 0 Å². The van der Waals surface area contributed by atoms with Gasteiger partial charge in [0.1, 0.15) is 4.90 Å². The molecule has 0 aliphatic heterocycles. The highest BCUT2D eigenvalue weighted by Crippen LogP contribution is 2.19. The summed E-state index contributed by atoms with van der Waals surface area (Å²) in [5.41, 5.74) is 8.57. The molecule has 0 amide bonds. The van der Waals surface area contributed by atoms with E-state index < -0.39 is 10.0 Å². The number of hydrogen-bond donors (Lipinski definition) is 2. The van der Waals surface area contributed by atoms with Crippen LogP contribution in [0.3, 0.4) is 0 Å². The minimum Gasteiger partial charge on any atom is -0.398 e. The van der Waals surface area contributed by atoms with Crippen molar-refractivity contribution in [1.82, 2.24) is 9.71 Å². The largest absolute Gasteiger partial charge is 0.398 e. The van der Waals surface area contributed by atoms with Crippen molar-refractivity contribution in [3.63, 3.8) is 0 Å². The molecule has 7 heteroatoms. The monoisotopic (exact) mass is 283 g/mol. The van der Waals surface area contributed by atoms with Crippen LogP contribution >= 0.6 is 11.3 Å². The number of benzene rings is 1. The van der Waals surface area contributed by atoms with Crippen molar-refractivity contribution in [2.24, 2.45) is 0 Å². The molecule has 1 heterocycles. The van der Waals surface area contributed by atoms with E-state index in [2.05, 4.69) is 9.71 Å². The van der Waals surface area contributed by atoms with Gasteiger partial charge in [-0.1, -0.05) is 6.07 Å². The molecule has 0 saturated carbocycles. The predicted octanol–water partition coefficient (Wildman–Crippen LogP) is 1.51. The topological polar surface area (TPSA) is 85.1 Å². The molecule has 18 heavy (non-hydrogen) atoms. The molecule has 0 radical (unpaired) electrons. The number of nitrogen functional groups attached to an aromatic ring is 1. The van der Waals surface area contributed by atoms with Gasteiger partial charge in [-0.3, -0.25) is 4.98 Å². The summed E-state index contributed by atoms with van der Waals surface area (Å²) < 4.78 is 26.6. The fraction of sp³-hybridized carbons (Fsp3) is 0.182. The number of sulfonamides is 1. The quantitative estimate of drug-likeness (QED) is 0.833. The standard InChI is InChI=1S/C11H13N3O2S2/c1-8-2-3-11(10(12)4-8)18(15,16)14-6-9-5-13-7-17-9/h2-5,7,14H,6,12H2,1H3. The highest BCUT2D eigenvalue weighted by Gasteiger charge is 2.17. The van der Waals surface area contributed by atoms with Crippen molar-refractivity contribution in [2.75, 3.05) is 5.73 Å². The molecule has 0 atom stereocenters. The van der Waals surface area contributed by atoms with Gasteiger partial charge in [0, 0.05) is 17.6 Å². The van der Waals surface area contributed by atoms with Gasteiger partial charge >= 0.3 is 0 Å². The molecule has 2 rings (SSSR count). The molecule has 0 fully saturated rings. The molecule has 3 N–H and O–H groups in total. The maximum atomic E-state index is 12.1. The summed E-state index contributed by atoms with van der Waals surface area (Å²) >= 11 is 1.40. The van der Waals surface area contributed by atoms with E-state index in [0.29, 0.717) is 0 Å². The van der Waals surface area contributed by atoms with E-state index in [9.17, 15) is 8.42 Å². The summed E-state index contributed by atoms with van der Waals surface area (Å²) in [5.74, 6) is 0. The van der Waals surface area contributed by atoms with Gasteiger partial charge in [0.25, 0.3) is 0 Å². The van der Waals surface area contributed by atoms with E-state index in [4.69, 9.17) is 5.73 Å². The smallest absolute Gasteiger partial charge is 0.242 e. The van der Waals surface area contributed by atoms with Crippen molar-refractivity contribution in [2.45, 2.75) is 18.4 Å². The van der Waals surface area contributed by atoms with Crippen LogP contribution < -0.4 is 10.5 Å². The SMILES string of the molecule is Cc1ccc(S(=O)(=O)NCc2cncs2)c(N)c1. The molecule has 0 aliphatic rings. The Morgan fingerprint density at radius 1 is 1.44 bits per heavy atom. The van der Waals surface area contributed by atoms with E-state index in [1.165, 1.54) is 17.4 Å². The molecular formula is C11H13N3O2S2. The summed E-state index contributed by atoms with van der Waals surface area (Å²) in [6.45, 7) is 2.08. The second kappa shape index (κ2) is 5.05. The van der Waals surface area contributed by atoms with E-state index >= 15 is 0 Å². The molecule has 1 aromatic heterocycles. The molecule has 0 bridgehead atoms. The zero-order valence-electron chi connectivity index (χ0n) is 9.75. The predicted molar refractivity (Wildman–Crippen MR) is 71.7 cm³/mol. The lowest BCUT2D eigenvalue weighted by molar-refractivity contribution is 0.582. The molecule has 96 valence electrons. The molecule has 0 saturated heterocycles. The van der Waals surface area contributed by atoms with Gasteiger partial charge in [-0.05, 0) is 24.6 Å². The molecule has 2 aromatic rings. The van der Waals surface area contributed by atoms with Crippen LogP contribution in [0.1, 0.15) is 10.4 Å². The van der Waals surface area contributed by atoms with Gasteiger partial charge in [0.15, 0.2) is 0 Å². The lowest BCUT2D eigenvalue weighted by atomic mass is 10.2. The number of hydrogen-bond acceptors (Lipinski definition) is 5. The number of rotatable bonds is 4. The van der Waals surface area contributed by atoms with Crippen LogP contribution in [0, 0.1) is 6.92 Å². The Hall–Kier alpha value is -1.44. The third-order valence-corrected chi connectivity index (χ3v) is 4.63. The lowest BCUT2D eigenvalue weighted by Crippen LogP contribution is -2.23. The molecular weight excluding hydrogens is 270 g/mol. The number of aryl methyl sites for hydroxylation is 1. The molecule has 0 unspecified atom stereocenters. The van der Waals surface area contributed by atoms with Crippen LogP contribution in [0.4, 0.5) is 5.69 Å². The van der Waals surface area contributed by atoms with E-state index in [-0.39, 0.29) is 17.1 Å². The van der Waals surface area contributed by atoms with E-state index in [1.807, 2.05) is 6.92 Å². The fourth-order valence-corrected chi connectivity index (χ4v) is 3.23. The fourth-order valence-electron chi connectivity index (χ4n) is 1.49. The Labute approximate surface area is 110 Å². The number of aromatic nitrogens is 1. The average molecular weight is 283 g/mol. The van der Waals surface area contributed by atoms with Gasteiger partial charge in [-0.15, -0.1) is 11.3 Å². The third-order valence-electron chi connectivity index (χ3n) is 2.37.